The Morgan fingerprint density at radius 2 is 1.61 bits per heavy atom. The lowest BCUT2D eigenvalue weighted by Crippen LogP contribution is -2.34. The van der Waals surface area contributed by atoms with Crippen molar-refractivity contribution in [1.82, 2.24) is 5.32 Å². The van der Waals surface area contributed by atoms with Gasteiger partial charge in [-0.15, -0.1) is 0 Å². The Bertz CT molecular complexity index is 423. The Labute approximate surface area is 110 Å². The quantitative estimate of drug-likeness (QED) is 0.857. The highest BCUT2D eigenvalue weighted by Gasteiger charge is 2.28. The fraction of sp³-hybridized carbons (Fsp3) is 0.625. The predicted molar refractivity (Wildman–Crippen MR) is 76.0 cm³/mol. The van der Waals surface area contributed by atoms with Gasteiger partial charge < -0.3 is 10.4 Å². The number of aryl methyl sites for hydroxylation is 2. The van der Waals surface area contributed by atoms with E-state index in [0.29, 0.717) is 6.04 Å². The molecule has 0 heterocycles. The van der Waals surface area contributed by atoms with Crippen LogP contribution in [0, 0.1) is 27.7 Å². The standard InChI is InChI=1S/C16H25NO/c1-9-8-10(2)12(4)15(11(9)3)16(18)13(5)17-14-6-7-14/h8,13-14,16-18H,6-7H2,1-5H3. The highest BCUT2D eigenvalue weighted by atomic mass is 16.3. The third kappa shape index (κ3) is 2.60. The van der Waals surface area contributed by atoms with Crippen LogP contribution in [-0.4, -0.2) is 17.2 Å². The van der Waals surface area contributed by atoms with E-state index in [1.165, 1.54) is 35.1 Å². The van der Waals surface area contributed by atoms with Crippen molar-refractivity contribution in [2.45, 2.75) is 65.6 Å². The van der Waals surface area contributed by atoms with Gasteiger partial charge in [0.05, 0.1) is 6.10 Å². The monoisotopic (exact) mass is 247 g/mol. The lowest BCUT2D eigenvalue weighted by Gasteiger charge is -2.25. The predicted octanol–water partition coefficient (Wildman–Crippen LogP) is 3.09. The van der Waals surface area contributed by atoms with Crippen LogP contribution in [0.15, 0.2) is 6.07 Å². The largest absolute Gasteiger partial charge is 0.387 e. The molecule has 100 valence electrons. The van der Waals surface area contributed by atoms with Crippen LogP contribution in [0.4, 0.5) is 0 Å². The van der Waals surface area contributed by atoms with Crippen LogP contribution in [0.2, 0.25) is 0 Å². The molecule has 1 aliphatic rings. The summed E-state index contributed by atoms with van der Waals surface area (Å²) < 4.78 is 0. The molecule has 2 rings (SSSR count). The zero-order chi connectivity index (χ0) is 13.4. The Hall–Kier alpha value is -0.860. The van der Waals surface area contributed by atoms with Gasteiger partial charge in [-0.05, 0) is 75.3 Å². The van der Waals surface area contributed by atoms with Crippen molar-refractivity contribution < 1.29 is 5.11 Å². The Morgan fingerprint density at radius 1 is 1.11 bits per heavy atom. The Morgan fingerprint density at radius 3 is 2.06 bits per heavy atom. The van der Waals surface area contributed by atoms with Gasteiger partial charge in [-0.2, -0.15) is 0 Å². The molecule has 1 fully saturated rings. The minimum atomic E-state index is -0.413. The van der Waals surface area contributed by atoms with Crippen molar-refractivity contribution in [3.8, 4) is 0 Å². The number of aliphatic hydroxyl groups excluding tert-OH is 1. The summed E-state index contributed by atoms with van der Waals surface area (Å²) >= 11 is 0. The number of rotatable bonds is 4. The van der Waals surface area contributed by atoms with Crippen LogP contribution in [-0.2, 0) is 0 Å². The summed E-state index contributed by atoms with van der Waals surface area (Å²) in [5, 5.41) is 14.1. The highest BCUT2D eigenvalue weighted by Crippen LogP contribution is 2.30. The summed E-state index contributed by atoms with van der Waals surface area (Å²) in [6.07, 6.45) is 2.09. The van der Waals surface area contributed by atoms with E-state index in [4.69, 9.17) is 0 Å². The molecule has 2 N–H and O–H groups in total. The van der Waals surface area contributed by atoms with Gasteiger partial charge in [0.25, 0.3) is 0 Å². The lowest BCUT2D eigenvalue weighted by atomic mass is 9.88. The molecule has 18 heavy (non-hydrogen) atoms. The van der Waals surface area contributed by atoms with Crippen LogP contribution in [0.1, 0.15) is 53.7 Å². The van der Waals surface area contributed by atoms with Gasteiger partial charge in [-0.3, -0.25) is 0 Å². The first kappa shape index (κ1) is 13.6. The molecular weight excluding hydrogens is 222 g/mol. The molecule has 1 aromatic rings. The molecule has 0 saturated heterocycles. The second kappa shape index (κ2) is 5.02. The molecule has 2 nitrogen and oxygen atoms in total. The molecule has 1 saturated carbocycles. The fourth-order valence-corrected chi connectivity index (χ4v) is 2.65. The summed E-state index contributed by atoms with van der Waals surface area (Å²) in [5.41, 5.74) is 6.12. The van der Waals surface area contributed by atoms with Crippen molar-refractivity contribution in [2.24, 2.45) is 0 Å². The van der Waals surface area contributed by atoms with Crippen LogP contribution in [0.3, 0.4) is 0 Å². The maximum absolute atomic E-state index is 10.6. The van der Waals surface area contributed by atoms with Gasteiger partial charge in [0, 0.05) is 12.1 Å². The molecule has 0 radical (unpaired) electrons. The first-order chi connectivity index (χ1) is 8.41. The minimum absolute atomic E-state index is 0.121. The number of hydrogen-bond donors (Lipinski definition) is 2. The molecule has 2 atom stereocenters. The second-order valence-corrected chi connectivity index (χ2v) is 5.85. The van der Waals surface area contributed by atoms with E-state index in [2.05, 4.69) is 46.0 Å². The third-order valence-electron chi connectivity index (χ3n) is 4.27. The normalized spacial score (nSPS) is 18.8. The topological polar surface area (TPSA) is 32.3 Å². The number of nitrogens with one attached hydrogen (secondary N) is 1. The van der Waals surface area contributed by atoms with E-state index in [9.17, 15) is 5.11 Å². The summed E-state index contributed by atoms with van der Waals surface area (Å²) in [6.45, 7) is 10.6. The average Bonchev–Trinajstić information content (AvgIpc) is 3.10. The summed E-state index contributed by atoms with van der Waals surface area (Å²) in [5.74, 6) is 0. The zero-order valence-electron chi connectivity index (χ0n) is 12.2. The Balaban J connectivity index is 2.30. The second-order valence-electron chi connectivity index (χ2n) is 5.85. The SMILES string of the molecule is Cc1cc(C)c(C)c(C(O)C(C)NC2CC2)c1C. The summed E-state index contributed by atoms with van der Waals surface area (Å²) in [4.78, 5) is 0. The molecular formula is C16H25NO. The van der Waals surface area contributed by atoms with Crippen LogP contribution in [0.25, 0.3) is 0 Å². The molecule has 1 aromatic carbocycles. The Kier molecular flexibility index (Phi) is 3.79. The number of benzene rings is 1. The van der Waals surface area contributed by atoms with Gasteiger partial charge in [0.2, 0.25) is 0 Å². The van der Waals surface area contributed by atoms with Gasteiger partial charge in [-0.25, -0.2) is 0 Å². The van der Waals surface area contributed by atoms with Crippen molar-refractivity contribution in [3.05, 3.63) is 33.9 Å². The van der Waals surface area contributed by atoms with Crippen molar-refractivity contribution in [1.29, 1.82) is 0 Å². The van der Waals surface area contributed by atoms with E-state index in [1.54, 1.807) is 0 Å². The van der Waals surface area contributed by atoms with Crippen molar-refractivity contribution in [3.63, 3.8) is 0 Å². The van der Waals surface area contributed by atoms with Crippen molar-refractivity contribution >= 4 is 0 Å². The van der Waals surface area contributed by atoms with Crippen LogP contribution in [0.5, 0.6) is 0 Å². The first-order valence-corrected chi connectivity index (χ1v) is 6.93. The molecule has 0 amide bonds. The average molecular weight is 247 g/mol. The van der Waals surface area contributed by atoms with E-state index in [0.717, 1.165) is 5.56 Å². The molecule has 1 aliphatic carbocycles. The summed E-state index contributed by atoms with van der Waals surface area (Å²) in [7, 11) is 0. The third-order valence-corrected chi connectivity index (χ3v) is 4.27. The van der Waals surface area contributed by atoms with Gasteiger partial charge in [0.15, 0.2) is 0 Å². The van der Waals surface area contributed by atoms with Gasteiger partial charge in [-0.1, -0.05) is 6.07 Å². The van der Waals surface area contributed by atoms with Gasteiger partial charge in [0.1, 0.15) is 0 Å². The zero-order valence-corrected chi connectivity index (χ0v) is 12.2. The van der Waals surface area contributed by atoms with E-state index in [-0.39, 0.29) is 6.04 Å². The first-order valence-electron chi connectivity index (χ1n) is 6.93. The number of hydrogen-bond acceptors (Lipinski definition) is 2. The van der Waals surface area contributed by atoms with Gasteiger partial charge >= 0.3 is 0 Å². The maximum Gasteiger partial charge on any atom is 0.0945 e. The van der Waals surface area contributed by atoms with E-state index >= 15 is 0 Å². The van der Waals surface area contributed by atoms with Crippen molar-refractivity contribution in [2.75, 3.05) is 0 Å². The van der Waals surface area contributed by atoms with Crippen LogP contribution < -0.4 is 5.32 Å². The van der Waals surface area contributed by atoms with Crippen LogP contribution >= 0.6 is 0 Å². The lowest BCUT2D eigenvalue weighted by molar-refractivity contribution is 0.134. The molecule has 2 heteroatoms. The molecule has 0 aromatic heterocycles. The fourth-order valence-electron chi connectivity index (χ4n) is 2.65. The minimum Gasteiger partial charge on any atom is -0.387 e. The summed E-state index contributed by atoms with van der Waals surface area (Å²) in [6, 6.07) is 2.96. The maximum atomic E-state index is 10.6. The smallest absolute Gasteiger partial charge is 0.0945 e. The molecule has 0 aliphatic heterocycles. The molecule has 2 unspecified atom stereocenters. The molecule has 0 spiro atoms. The van der Waals surface area contributed by atoms with E-state index in [1.807, 2.05) is 0 Å². The molecule has 0 bridgehead atoms. The number of aliphatic hydroxyl groups is 1. The highest BCUT2D eigenvalue weighted by molar-refractivity contribution is 5.45. The van der Waals surface area contributed by atoms with E-state index < -0.39 is 6.10 Å².